The summed E-state index contributed by atoms with van der Waals surface area (Å²) in [5, 5.41) is 2.37. The molecule has 0 saturated heterocycles. The Balaban J connectivity index is 2.79. The van der Waals surface area contributed by atoms with Gasteiger partial charge in [-0.3, -0.25) is 4.79 Å². The molecular weight excluding hydrogens is 308 g/mol. The summed E-state index contributed by atoms with van der Waals surface area (Å²) in [7, 11) is 0. The Labute approximate surface area is 112 Å². The van der Waals surface area contributed by atoms with Crippen molar-refractivity contribution < 1.29 is 18.3 Å². The molecule has 18 heavy (non-hydrogen) atoms. The number of amides is 1. The number of carbonyl (C=O) groups is 1. The fourth-order valence-corrected chi connectivity index (χ4v) is 1.55. The van der Waals surface area contributed by atoms with Crippen LogP contribution >= 0.6 is 15.9 Å². The summed E-state index contributed by atoms with van der Waals surface area (Å²) in [6.07, 6.45) is 3.99. The highest BCUT2D eigenvalue weighted by Gasteiger charge is 2.18. The molecule has 3 nitrogen and oxygen atoms in total. The minimum atomic E-state index is -1.14. The minimum Gasteiger partial charge on any atom is -0.478 e. The molecule has 0 aromatic heterocycles. The molecule has 0 spiro atoms. The molecule has 1 amide bonds. The van der Waals surface area contributed by atoms with Gasteiger partial charge < -0.3 is 10.1 Å². The van der Waals surface area contributed by atoms with Crippen LogP contribution in [0.1, 0.15) is 6.92 Å². The van der Waals surface area contributed by atoms with Crippen LogP contribution in [0.5, 0.6) is 5.75 Å². The molecule has 0 radical (unpaired) electrons. The van der Waals surface area contributed by atoms with E-state index in [1.165, 1.54) is 13.0 Å². The largest absolute Gasteiger partial charge is 0.478 e. The van der Waals surface area contributed by atoms with Gasteiger partial charge in [-0.2, -0.15) is 4.39 Å². The first-order valence-electron chi connectivity index (χ1n) is 4.98. The van der Waals surface area contributed by atoms with E-state index in [0.717, 1.165) is 6.07 Å². The number of nitrogens with one attached hydrogen (secondary N) is 1. The van der Waals surface area contributed by atoms with Gasteiger partial charge in [0.2, 0.25) is 5.82 Å². The highest BCUT2D eigenvalue weighted by Crippen LogP contribution is 2.26. The van der Waals surface area contributed by atoms with Crippen molar-refractivity contribution in [3.05, 3.63) is 28.2 Å². The maximum absolute atomic E-state index is 13.4. The number of halogens is 3. The monoisotopic (exact) mass is 317 g/mol. The van der Waals surface area contributed by atoms with E-state index < -0.39 is 23.6 Å². The second kappa shape index (κ2) is 6.36. The van der Waals surface area contributed by atoms with Crippen LogP contribution in [0.25, 0.3) is 0 Å². The summed E-state index contributed by atoms with van der Waals surface area (Å²) < 4.78 is 31.8. The first kappa shape index (κ1) is 14.5. The summed E-state index contributed by atoms with van der Waals surface area (Å²) in [5.74, 6) is -0.835. The lowest BCUT2D eigenvalue weighted by molar-refractivity contribution is -0.127. The molecule has 0 unspecified atom stereocenters. The third kappa shape index (κ3) is 3.70. The van der Waals surface area contributed by atoms with Crippen LogP contribution in [-0.2, 0) is 4.79 Å². The average Bonchev–Trinajstić information content (AvgIpc) is 2.32. The van der Waals surface area contributed by atoms with Crippen LogP contribution in [0.2, 0.25) is 0 Å². The molecule has 1 aromatic carbocycles. The summed E-state index contributed by atoms with van der Waals surface area (Å²) in [6, 6.07) is 2.20. The second-order valence-electron chi connectivity index (χ2n) is 3.38. The van der Waals surface area contributed by atoms with Crippen molar-refractivity contribution in [2.45, 2.75) is 13.0 Å². The molecule has 96 valence electrons. The van der Waals surface area contributed by atoms with Crippen molar-refractivity contribution in [1.82, 2.24) is 5.32 Å². The predicted molar refractivity (Wildman–Crippen MR) is 66.0 cm³/mol. The molecule has 1 atom stereocenters. The zero-order chi connectivity index (χ0) is 13.7. The van der Waals surface area contributed by atoms with Gasteiger partial charge in [-0.05, 0) is 19.1 Å². The molecule has 0 bridgehead atoms. The number of rotatable bonds is 4. The normalized spacial score (nSPS) is 11.5. The smallest absolute Gasteiger partial charge is 0.261 e. The maximum Gasteiger partial charge on any atom is 0.261 e. The van der Waals surface area contributed by atoms with Gasteiger partial charge in [0.1, 0.15) is 0 Å². The molecule has 0 aliphatic heterocycles. The number of hydrogen-bond donors (Lipinski definition) is 1. The zero-order valence-corrected chi connectivity index (χ0v) is 11.1. The van der Waals surface area contributed by atoms with Crippen molar-refractivity contribution in [1.29, 1.82) is 0 Å². The molecular formula is C12H10BrF2NO2. The zero-order valence-electron chi connectivity index (χ0n) is 9.47. The topological polar surface area (TPSA) is 38.3 Å². The van der Waals surface area contributed by atoms with Crippen LogP contribution in [0.15, 0.2) is 16.6 Å². The number of ether oxygens (including phenoxy) is 1. The predicted octanol–water partition coefficient (Wildman–Crippen LogP) is 2.24. The molecule has 0 saturated carbocycles. The lowest BCUT2D eigenvalue weighted by Crippen LogP contribution is -2.36. The summed E-state index contributed by atoms with van der Waals surface area (Å²) >= 11 is 3.00. The first-order chi connectivity index (χ1) is 8.45. The van der Waals surface area contributed by atoms with Gasteiger partial charge in [0.05, 0.1) is 6.54 Å². The number of terminal acetylenes is 1. The van der Waals surface area contributed by atoms with Gasteiger partial charge in [0.25, 0.3) is 5.91 Å². The van der Waals surface area contributed by atoms with Gasteiger partial charge >= 0.3 is 0 Å². The van der Waals surface area contributed by atoms with Crippen LogP contribution in [0.3, 0.4) is 0 Å². The van der Waals surface area contributed by atoms with Crippen molar-refractivity contribution in [2.24, 2.45) is 0 Å². The van der Waals surface area contributed by atoms with E-state index in [2.05, 4.69) is 27.2 Å². The maximum atomic E-state index is 13.4. The van der Waals surface area contributed by atoms with Gasteiger partial charge in [-0.25, -0.2) is 4.39 Å². The minimum absolute atomic E-state index is 0.0435. The van der Waals surface area contributed by atoms with E-state index in [4.69, 9.17) is 11.2 Å². The number of hydrogen-bond acceptors (Lipinski definition) is 2. The quantitative estimate of drug-likeness (QED) is 0.683. The van der Waals surface area contributed by atoms with Crippen molar-refractivity contribution >= 4 is 21.8 Å². The molecule has 0 aliphatic carbocycles. The van der Waals surface area contributed by atoms with Gasteiger partial charge in [0.15, 0.2) is 17.7 Å². The summed E-state index contributed by atoms with van der Waals surface area (Å²) in [6.45, 7) is 1.45. The number of benzene rings is 1. The standard InChI is InChI=1S/C12H10BrF2NO2/c1-3-4-16-12(17)7(2)18-10-6-8(13)5-9(14)11(10)15/h1,5-7H,4H2,2H3,(H,16,17)/t7-/m1/s1. The molecule has 1 N–H and O–H groups in total. The Kier molecular flexibility index (Phi) is 5.10. The first-order valence-corrected chi connectivity index (χ1v) is 5.77. The van der Waals surface area contributed by atoms with E-state index in [1.807, 2.05) is 0 Å². The fourth-order valence-electron chi connectivity index (χ4n) is 1.14. The molecule has 6 heteroatoms. The Morgan fingerprint density at radius 2 is 2.28 bits per heavy atom. The van der Waals surface area contributed by atoms with Crippen LogP contribution in [0.4, 0.5) is 8.78 Å². The molecule has 0 aliphatic rings. The van der Waals surface area contributed by atoms with Crippen LogP contribution in [0, 0.1) is 24.0 Å². The SMILES string of the molecule is C#CCNC(=O)[C@@H](C)Oc1cc(Br)cc(F)c1F. The van der Waals surface area contributed by atoms with Gasteiger partial charge in [0, 0.05) is 4.47 Å². The third-order valence-corrected chi connectivity index (χ3v) is 2.46. The van der Waals surface area contributed by atoms with E-state index in [-0.39, 0.29) is 12.3 Å². The van der Waals surface area contributed by atoms with E-state index in [1.54, 1.807) is 0 Å². The fraction of sp³-hybridized carbons (Fsp3) is 0.250. The van der Waals surface area contributed by atoms with Crippen LogP contribution in [-0.4, -0.2) is 18.6 Å². The third-order valence-electron chi connectivity index (χ3n) is 2.00. The van der Waals surface area contributed by atoms with Crippen LogP contribution < -0.4 is 10.1 Å². The Morgan fingerprint density at radius 3 is 2.89 bits per heavy atom. The Hall–Kier alpha value is -1.61. The molecule has 0 heterocycles. The van der Waals surface area contributed by atoms with Gasteiger partial charge in [-0.15, -0.1) is 6.42 Å². The van der Waals surface area contributed by atoms with Crippen molar-refractivity contribution in [3.63, 3.8) is 0 Å². The molecule has 1 rings (SSSR count). The highest BCUT2D eigenvalue weighted by atomic mass is 79.9. The average molecular weight is 318 g/mol. The molecule has 0 fully saturated rings. The highest BCUT2D eigenvalue weighted by molar-refractivity contribution is 9.10. The van der Waals surface area contributed by atoms with Gasteiger partial charge in [-0.1, -0.05) is 21.9 Å². The van der Waals surface area contributed by atoms with Crippen molar-refractivity contribution in [2.75, 3.05) is 6.54 Å². The van der Waals surface area contributed by atoms with E-state index in [9.17, 15) is 13.6 Å². The lowest BCUT2D eigenvalue weighted by Gasteiger charge is -2.14. The molecule has 1 aromatic rings. The van der Waals surface area contributed by atoms with E-state index in [0.29, 0.717) is 4.47 Å². The van der Waals surface area contributed by atoms with Crippen molar-refractivity contribution in [3.8, 4) is 18.1 Å². The van der Waals surface area contributed by atoms with E-state index >= 15 is 0 Å². The Morgan fingerprint density at radius 1 is 1.61 bits per heavy atom. The Bertz CT molecular complexity index is 500. The number of carbonyl (C=O) groups excluding carboxylic acids is 1. The second-order valence-corrected chi connectivity index (χ2v) is 4.30. The summed E-state index contributed by atoms with van der Waals surface area (Å²) in [5.41, 5.74) is 0. The lowest BCUT2D eigenvalue weighted by atomic mass is 10.3. The summed E-state index contributed by atoms with van der Waals surface area (Å²) in [4.78, 5) is 11.4.